The summed E-state index contributed by atoms with van der Waals surface area (Å²) in [6, 6.07) is 10.3. The number of aliphatic imine (C=N–C) groups is 1. The Morgan fingerprint density at radius 2 is 1.93 bits per heavy atom. The van der Waals surface area contributed by atoms with Crippen LogP contribution in [-0.2, 0) is 11.2 Å². The zero-order valence-electron chi connectivity index (χ0n) is 17.7. The van der Waals surface area contributed by atoms with E-state index >= 15 is 0 Å². The van der Waals surface area contributed by atoms with Crippen molar-refractivity contribution in [3.05, 3.63) is 48.3 Å². The maximum Gasteiger partial charge on any atom is 0.230 e. The van der Waals surface area contributed by atoms with Crippen LogP contribution in [0.3, 0.4) is 0 Å². The molecule has 2 N–H and O–H groups in total. The van der Waals surface area contributed by atoms with Crippen molar-refractivity contribution >= 4 is 11.9 Å². The SMILES string of the molecule is CN=C(NCCc1ccc(-n2cccn2)cc1)NCC1(C(=O)N(C)C)CCCC1. The Kier molecular flexibility index (Phi) is 6.90. The molecule has 1 aromatic heterocycles. The fourth-order valence-corrected chi connectivity index (χ4v) is 4.03. The van der Waals surface area contributed by atoms with Crippen LogP contribution in [0.15, 0.2) is 47.7 Å². The molecule has 0 spiro atoms. The fourth-order valence-electron chi connectivity index (χ4n) is 4.03. The highest BCUT2D eigenvalue weighted by Crippen LogP contribution is 2.38. The second-order valence-corrected chi connectivity index (χ2v) is 7.91. The summed E-state index contributed by atoms with van der Waals surface area (Å²) in [5.74, 6) is 0.964. The van der Waals surface area contributed by atoms with Crippen LogP contribution >= 0.6 is 0 Å². The minimum atomic E-state index is -0.302. The number of benzene rings is 1. The number of nitrogens with zero attached hydrogens (tertiary/aromatic N) is 4. The predicted molar refractivity (Wildman–Crippen MR) is 116 cm³/mol. The molecule has 1 aliphatic rings. The summed E-state index contributed by atoms with van der Waals surface area (Å²) in [4.78, 5) is 18.7. The van der Waals surface area contributed by atoms with Crippen LogP contribution in [0.25, 0.3) is 5.69 Å². The van der Waals surface area contributed by atoms with Crippen molar-refractivity contribution in [1.29, 1.82) is 0 Å². The standard InChI is InChI=1S/C22H32N6O/c1-23-21(25-17-22(12-4-5-13-22)20(29)27(2)3)24-15-11-18-7-9-19(10-8-18)28-16-6-14-26-28/h6-10,14,16H,4-5,11-13,15,17H2,1-3H3,(H2,23,24,25). The molecule has 3 rings (SSSR count). The van der Waals surface area contributed by atoms with Gasteiger partial charge in [0.1, 0.15) is 0 Å². The largest absolute Gasteiger partial charge is 0.356 e. The number of guanidine groups is 1. The van der Waals surface area contributed by atoms with Crippen LogP contribution in [0.1, 0.15) is 31.2 Å². The highest BCUT2D eigenvalue weighted by Gasteiger charge is 2.42. The Labute approximate surface area is 173 Å². The Morgan fingerprint density at radius 1 is 1.21 bits per heavy atom. The molecule has 7 nitrogen and oxygen atoms in total. The molecule has 1 fully saturated rings. The number of rotatable bonds is 7. The number of hydrogen-bond donors (Lipinski definition) is 2. The molecule has 0 atom stereocenters. The van der Waals surface area contributed by atoms with Gasteiger partial charge in [0.05, 0.1) is 11.1 Å². The lowest BCUT2D eigenvalue weighted by molar-refractivity contribution is -0.138. The van der Waals surface area contributed by atoms with E-state index in [1.165, 1.54) is 5.56 Å². The van der Waals surface area contributed by atoms with Gasteiger partial charge in [0.25, 0.3) is 0 Å². The van der Waals surface area contributed by atoms with Gasteiger partial charge in [-0.15, -0.1) is 0 Å². The molecule has 156 valence electrons. The van der Waals surface area contributed by atoms with Gasteiger partial charge in [-0.2, -0.15) is 5.10 Å². The summed E-state index contributed by atoms with van der Waals surface area (Å²) in [7, 11) is 5.45. The van der Waals surface area contributed by atoms with E-state index in [2.05, 4.69) is 45.0 Å². The lowest BCUT2D eigenvalue weighted by Gasteiger charge is -2.31. The quantitative estimate of drug-likeness (QED) is 0.556. The Balaban J connectivity index is 1.48. The average molecular weight is 397 g/mol. The number of hydrogen-bond acceptors (Lipinski definition) is 3. The summed E-state index contributed by atoms with van der Waals surface area (Å²) in [5, 5.41) is 11.0. The summed E-state index contributed by atoms with van der Waals surface area (Å²) < 4.78 is 1.85. The van der Waals surface area contributed by atoms with Crippen molar-refractivity contribution in [2.45, 2.75) is 32.1 Å². The van der Waals surface area contributed by atoms with E-state index in [1.54, 1.807) is 18.1 Å². The maximum atomic E-state index is 12.7. The molecule has 0 saturated heterocycles. The second-order valence-electron chi connectivity index (χ2n) is 7.91. The highest BCUT2D eigenvalue weighted by molar-refractivity contribution is 5.85. The van der Waals surface area contributed by atoms with Gasteiger partial charge >= 0.3 is 0 Å². The van der Waals surface area contributed by atoms with Crippen LogP contribution in [0.4, 0.5) is 0 Å². The van der Waals surface area contributed by atoms with Gasteiger partial charge in [-0.25, -0.2) is 4.68 Å². The number of aromatic nitrogens is 2. The third-order valence-corrected chi connectivity index (χ3v) is 5.65. The monoisotopic (exact) mass is 396 g/mol. The smallest absolute Gasteiger partial charge is 0.230 e. The Morgan fingerprint density at radius 3 is 2.52 bits per heavy atom. The molecule has 7 heteroatoms. The topological polar surface area (TPSA) is 74.5 Å². The minimum Gasteiger partial charge on any atom is -0.356 e. The first-order valence-corrected chi connectivity index (χ1v) is 10.3. The lowest BCUT2D eigenvalue weighted by Crippen LogP contribution is -2.49. The first-order chi connectivity index (χ1) is 14.0. The fraction of sp³-hybridized carbons (Fsp3) is 0.500. The molecule has 1 aromatic carbocycles. The number of nitrogens with one attached hydrogen (secondary N) is 2. The summed E-state index contributed by atoms with van der Waals surface area (Å²) in [5.41, 5.74) is 2.00. The average Bonchev–Trinajstić information content (AvgIpc) is 3.43. The molecular formula is C22H32N6O. The molecular weight excluding hydrogens is 364 g/mol. The van der Waals surface area contributed by atoms with E-state index in [4.69, 9.17) is 0 Å². The van der Waals surface area contributed by atoms with Crippen molar-refractivity contribution in [3.63, 3.8) is 0 Å². The lowest BCUT2D eigenvalue weighted by atomic mass is 9.84. The van der Waals surface area contributed by atoms with Crippen LogP contribution in [0.5, 0.6) is 0 Å². The van der Waals surface area contributed by atoms with Crippen LogP contribution < -0.4 is 10.6 Å². The molecule has 1 aliphatic carbocycles. The van der Waals surface area contributed by atoms with Crippen molar-refractivity contribution in [2.75, 3.05) is 34.2 Å². The van der Waals surface area contributed by atoms with Gasteiger partial charge in [0.15, 0.2) is 5.96 Å². The molecule has 2 aromatic rings. The minimum absolute atomic E-state index is 0.218. The normalized spacial score (nSPS) is 15.9. The van der Waals surface area contributed by atoms with Crippen molar-refractivity contribution in [2.24, 2.45) is 10.4 Å². The molecule has 1 amide bonds. The zero-order valence-corrected chi connectivity index (χ0v) is 17.7. The van der Waals surface area contributed by atoms with Crippen molar-refractivity contribution in [1.82, 2.24) is 25.3 Å². The molecule has 0 radical (unpaired) electrons. The first kappa shape index (κ1) is 20.9. The molecule has 0 unspecified atom stereocenters. The predicted octanol–water partition coefficient (Wildman–Crippen LogP) is 2.23. The number of amides is 1. The highest BCUT2D eigenvalue weighted by atomic mass is 16.2. The zero-order chi connectivity index (χ0) is 20.7. The maximum absolute atomic E-state index is 12.7. The summed E-state index contributed by atoms with van der Waals surface area (Å²) in [6.45, 7) is 1.40. The van der Waals surface area contributed by atoms with Crippen LogP contribution in [0.2, 0.25) is 0 Å². The third-order valence-electron chi connectivity index (χ3n) is 5.65. The number of carbonyl (C=O) groups is 1. The Bertz CT molecular complexity index is 804. The van der Waals surface area contributed by atoms with E-state index in [1.807, 2.05) is 31.0 Å². The summed E-state index contributed by atoms with van der Waals surface area (Å²) >= 11 is 0. The second kappa shape index (κ2) is 9.58. The number of carbonyl (C=O) groups excluding carboxylic acids is 1. The molecule has 0 bridgehead atoms. The molecule has 29 heavy (non-hydrogen) atoms. The van der Waals surface area contributed by atoms with Crippen LogP contribution in [-0.4, -0.2) is 60.8 Å². The van der Waals surface area contributed by atoms with Gasteiger partial charge in [0.2, 0.25) is 5.91 Å². The van der Waals surface area contributed by atoms with Gasteiger partial charge in [0, 0.05) is 46.6 Å². The molecule has 0 aliphatic heterocycles. The molecule has 1 heterocycles. The summed E-state index contributed by atoms with van der Waals surface area (Å²) in [6.07, 6.45) is 8.71. The van der Waals surface area contributed by atoms with E-state index in [0.29, 0.717) is 6.54 Å². The van der Waals surface area contributed by atoms with Crippen LogP contribution in [0, 0.1) is 5.41 Å². The van der Waals surface area contributed by atoms with E-state index in [0.717, 1.165) is 50.3 Å². The van der Waals surface area contributed by atoms with Gasteiger partial charge in [-0.1, -0.05) is 25.0 Å². The van der Waals surface area contributed by atoms with Gasteiger partial charge in [-0.3, -0.25) is 9.79 Å². The van der Waals surface area contributed by atoms with E-state index in [9.17, 15) is 4.79 Å². The third kappa shape index (κ3) is 5.16. The van der Waals surface area contributed by atoms with Crippen molar-refractivity contribution in [3.8, 4) is 5.69 Å². The Hall–Kier alpha value is -2.83. The first-order valence-electron chi connectivity index (χ1n) is 10.3. The van der Waals surface area contributed by atoms with Gasteiger partial charge < -0.3 is 15.5 Å². The van der Waals surface area contributed by atoms with Gasteiger partial charge in [-0.05, 0) is 43.0 Å². The van der Waals surface area contributed by atoms with E-state index in [-0.39, 0.29) is 11.3 Å². The van der Waals surface area contributed by atoms with E-state index < -0.39 is 0 Å². The molecule has 1 saturated carbocycles. The van der Waals surface area contributed by atoms with Crippen molar-refractivity contribution < 1.29 is 4.79 Å².